The van der Waals surface area contributed by atoms with E-state index in [0.29, 0.717) is 26.3 Å². The van der Waals surface area contributed by atoms with Gasteiger partial charge in [0.15, 0.2) is 0 Å². The Kier molecular flexibility index (Phi) is 6.36. The molecule has 0 aliphatic rings. The van der Waals surface area contributed by atoms with Gasteiger partial charge in [-0.3, -0.25) is 4.79 Å². The van der Waals surface area contributed by atoms with Crippen LogP contribution in [0.4, 0.5) is 5.69 Å². The molecule has 0 aliphatic carbocycles. The summed E-state index contributed by atoms with van der Waals surface area (Å²) in [7, 11) is 0. The molecule has 0 fully saturated rings. The number of nitriles is 1. The normalized spacial score (nSPS) is 10.3. The van der Waals surface area contributed by atoms with Crippen molar-refractivity contribution < 1.29 is 4.79 Å². The predicted molar refractivity (Wildman–Crippen MR) is 110 cm³/mol. The summed E-state index contributed by atoms with van der Waals surface area (Å²) in [4.78, 5) is 16.8. The van der Waals surface area contributed by atoms with E-state index in [1.54, 1.807) is 30.3 Å². The van der Waals surface area contributed by atoms with Crippen molar-refractivity contribution in [1.29, 1.82) is 5.26 Å². The van der Waals surface area contributed by atoms with Crippen LogP contribution in [0.2, 0.25) is 10.0 Å². The Labute approximate surface area is 171 Å². The second kappa shape index (κ2) is 8.92. The van der Waals surface area contributed by atoms with Crippen molar-refractivity contribution >= 4 is 46.6 Å². The Morgan fingerprint density at radius 3 is 2.59 bits per heavy atom. The van der Waals surface area contributed by atoms with Crippen LogP contribution < -0.4 is 5.32 Å². The molecule has 0 saturated heterocycles. The smallest absolute Gasteiger partial charge is 0.234 e. The zero-order chi connectivity index (χ0) is 19.2. The Morgan fingerprint density at radius 1 is 1.07 bits per heavy atom. The second-order valence-electron chi connectivity index (χ2n) is 5.47. The molecule has 0 unspecified atom stereocenters. The highest BCUT2D eigenvalue weighted by Crippen LogP contribution is 2.30. The third-order valence-corrected chi connectivity index (χ3v) is 5.43. The Bertz CT molecular complexity index is 1020. The third kappa shape index (κ3) is 4.81. The molecule has 0 aliphatic heterocycles. The van der Waals surface area contributed by atoms with Crippen molar-refractivity contribution in [3.8, 4) is 17.3 Å². The molecule has 27 heavy (non-hydrogen) atoms. The van der Waals surface area contributed by atoms with Crippen LogP contribution in [0.1, 0.15) is 5.56 Å². The molecule has 3 rings (SSSR count). The van der Waals surface area contributed by atoms with Crippen LogP contribution in [-0.2, 0) is 4.79 Å². The maximum Gasteiger partial charge on any atom is 0.234 e. The minimum absolute atomic E-state index is 0.0861. The number of carbonyl (C=O) groups excluding carboxylic acids is 1. The standard InChI is InChI=1S/C20H13Cl2N3OS/c21-15-7-4-8-17(19(15)22)24-18(26)12-27-20-14(11-23)9-10-16(25-20)13-5-2-1-3-6-13/h1-10H,12H2,(H,24,26). The van der Waals surface area contributed by atoms with Gasteiger partial charge >= 0.3 is 0 Å². The molecule has 0 saturated carbocycles. The van der Waals surface area contributed by atoms with E-state index in [0.717, 1.165) is 11.3 Å². The van der Waals surface area contributed by atoms with Crippen molar-refractivity contribution in [2.24, 2.45) is 0 Å². The molecule has 4 nitrogen and oxygen atoms in total. The van der Waals surface area contributed by atoms with Gasteiger partial charge in [0, 0.05) is 5.56 Å². The summed E-state index contributed by atoms with van der Waals surface area (Å²) >= 11 is 13.2. The first kappa shape index (κ1) is 19.2. The topological polar surface area (TPSA) is 65.8 Å². The zero-order valence-corrected chi connectivity index (χ0v) is 16.3. The molecule has 0 radical (unpaired) electrons. The van der Waals surface area contributed by atoms with E-state index in [1.165, 1.54) is 11.8 Å². The number of carbonyl (C=O) groups is 1. The lowest BCUT2D eigenvalue weighted by atomic mass is 10.1. The van der Waals surface area contributed by atoms with Crippen LogP contribution in [0.25, 0.3) is 11.3 Å². The average molecular weight is 414 g/mol. The number of amides is 1. The van der Waals surface area contributed by atoms with Crippen molar-refractivity contribution in [2.45, 2.75) is 5.03 Å². The van der Waals surface area contributed by atoms with E-state index in [-0.39, 0.29) is 11.7 Å². The molecule has 1 aromatic heterocycles. The fourth-order valence-electron chi connectivity index (χ4n) is 2.33. The predicted octanol–water partition coefficient (Wildman–Crippen LogP) is 5.66. The van der Waals surface area contributed by atoms with Gasteiger partial charge in [-0.25, -0.2) is 4.98 Å². The van der Waals surface area contributed by atoms with Crippen molar-refractivity contribution in [1.82, 2.24) is 4.98 Å². The highest BCUT2D eigenvalue weighted by atomic mass is 35.5. The first-order chi connectivity index (χ1) is 13.1. The quantitative estimate of drug-likeness (QED) is 0.548. The minimum atomic E-state index is -0.264. The number of aromatic nitrogens is 1. The SMILES string of the molecule is N#Cc1ccc(-c2ccccc2)nc1SCC(=O)Nc1cccc(Cl)c1Cl. The summed E-state index contributed by atoms with van der Waals surface area (Å²) in [6.45, 7) is 0. The summed E-state index contributed by atoms with van der Waals surface area (Å²) < 4.78 is 0. The van der Waals surface area contributed by atoms with E-state index in [9.17, 15) is 10.1 Å². The summed E-state index contributed by atoms with van der Waals surface area (Å²) in [5, 5.41) is 13.2. The first-order valence-electron chi connectivity index (χ1n) is 7.91. The van der Waals surface area contributed by atoms with Crippen LogP contribution in [0.15, 0.2) is 65.7 Å². The molecule has 1 N–H and O–H groups in total. The van der Waals surface area contributed by atoms with Crippen LogP contribution in [0, 0.1) is 11.3 Å². The summed E-state index contributed by atoms with van der Waals surface area (Å²) in [5.41, 5.74) is 2.56. The number of halogens is 2. The van der Waals surface area contributed by atoms with Gasteiger partial charge < -0.3 is 5.32 Å². The molecular weight excluding hydrogens is 401 g/mol. The molecule has 1 heterocycles. The van der Waals surface area contributed by atoms with Crippen LogP contribution in [-0.4, -0.2) is 16.6 Å². The molecule has 2 aromatic carbocycles. The highest BCUT2D eigenvalue weighted by Gasteiger charge is 2.12. The number of rotatable bonds is 5. The second-order valence-corrected chi connectivity index (χ2v) is 7.21. The van der Waals surface area contributed by atoms with Gasteiger partial charge in [-0.2, -0.15) is 5.26 Å². The van der Waals surface area contributed by atoms with Gasteiger partial charge in [-0.15, -0.1) is 0 Å². The Morgan fingerprint density at radius 2 is 1.85 bits per heavy atom. The zero-order valence-electron chi connectivity index (χ0n) is 13.9. The van der Waals surface area contributed by atoms with Gasteiger partial charge in [0.25, 0.3) is 0 Å². The van der Waals surface area contributed by atoms with Crippen molar-refractivity contribution in [2.75, 3.05) is 11.1 Å². The minimum Gasteiger partial charge on any atom is -0.324 e. The molecule has 134 valence electrons. The third-order valence-electron chi connectivity index (χ3n) is 3.62. The maximum absolute atomic E-state index is 12.3. The average Bonchev–Trinajstić information content (AvgIpc) is 2.70. The Hall–Kier alpha value is -2.52. The van der Waals surface area contributed by atoms with E-state index in [4.69, 9.17) is 23.2 Å². The number of hydrogen-bond donors (Lipinski definition) is 1. The largest absolute Gasteiger partial charge is 0.324 e. The fourth-order valence-corrected chi connectivity index (χ4v) is 3.45. The number of nitrogens with one attached hydrogen (secondary N) is 1. The van der Waals surface area contributed by atoms with Gasteiger partial charge in [-0.05, 0) is 24.3 Å². The van der Waals surface area contributed by atoms with Crippen LogP contribution in [0.3, 0.4) is 0 Å². The lowest BCUT2D eigenvalue weighted by molar-refractivity contribution is -0.113. The van der Waals surface area contributed by atoms with E-state index < -0.39 is 0 Å². The molecule has 0 spiro atoms. The lowest BCUT2D eigenvalue weighted by Gasteiger charge is -2.09. The number of pyridine rings is 1. The maximum atomic E-state index is 12.3. The van der Waals surface area contributed by atoms with E-state index in [1.807, 2.05) is 30.3 Å². The molecule has 0 bridgehead atoms. The number of thioether (sulfide) groups is 1. The van der Waals surface area contributed by atoms with Gasteiger partial charge in [0.1, 0.15) is 11.1 Å². The van der Waals surface area contributed by atoms with Crippen LogP contribution >= 0.6 is 35.0 Å². The van der Waals surface area contributed by atoms with E-state index in [2.05, 4.69) is 16.4 Å². The fraction of sp³-hybridized carbons (Fsp3) is 0.0500. The van der Waals surface area contributed by atoms with E-state index >= 15 is 0 Å². The number of nitrogens with zero attached hydrogens (tertiary/aromatic N) is 2. The van der Waals surface area contributed by atoms with Gasteiger partial charge in [-0.1, -0.05) is 71.4 Å². The summed E-state index contributed by atoms with van der Waals surface area (Å²) in [5.74, 6) is -0.178. The number of benzene rings is 2. The number of anilines is 1. The molecular formula is C20H13Cl2N3OS. The first-order valence-corrected chi connectivity index (χ1v) is 9.66. The number of hydrogen-bond acceptors (Lipinski definition) is 4. The lowest BCUT2D eigenvalue weighted by Crippen LogP contribution is -2.14. The molecule has 7 heteroatoms. The van der Waals surface area contributed by atoms with Gasteiger partial charge in [0.05, 0.1) is 32.7 Å². The van der Waals surface area contributed by atoms with Crippen molar-refractivity contribution in [3.05, 3.63) is 76.3 Å². The highest BCUT2D eigenvalue weighted by molar-refractivity contribution is 8.00. The monoisotopic (exact) mass is 413 g/mol. The molecule has 1 amide bonds. The molecule has 0 atom stereocenters. The molecule has 3 aromatic rings. The summed E-state index contributed by atoms with van der Waals surface area (Å²) in [6, 6.07) is 20.3. The van der Waals surface area contributed by atoms with Crippen molar-refractivity contribution in [3.63, 3.8) is 0 Å². The summed E-state index contributed by atoms with van der Waals surface area (Å²) in [6.07, 6.45) is 0. The van der Waals surface area contributed by atoms with Gasteiger partial charge in [0.2, 0.25) is 5.91 Å². The Balaban J connectivity index is 1.74. The van der Waals surface area contributed by atoms with Crippen LogP contribution in [0.5, 0.6) is 0 Å².